The molecule has 0 aliphatic rings. The van der Waals surface area contributed by atoms with Crippen LogP contribution in [0.5, 0.6) is 0 Å². The van der Waals surface area contributed by atoms with Crippen molar-refractivity contribution in [1.29, 1.82) is 0 Å². The van der Waals surface area contributed by atoms with Gasteiger partial charge in [-0.1, -0.05) is 47.6 Å². The van der Waals surface area contributed by atoms with Crippen molar-refractivity contribution in [1.82, 2.24) is 14.3 Å². The van der Waals surface area contributed by atoms with Crippen molar-refractivity contribution in [2.24, 2.45) is 7.05 Å². The molecule has 0 saturated carbocycles. The molecule has 0 unspecified atom stereocenters. The highest BCUT2D eigenvalue weighted by Gasteiger charge is 2.17. The highest BCUT2D eigenvalue weighted by atomic mass is 35.5. The molecule has 2 heterocycles. The van der Waals surface area contributed by atoms with E-state index in [1.54, 1.807) is 11.8 Å². The van der Waals surface area contributed by atoms with Crippen LogP contribution in [-0.2, 0) is 7.05 Å². The maximum absolute atomic E-state index is 6.26. The van der Waals surface area contributed by atoms with Gasteiger partial charge >= 0.3 is 0 Å². The molecule has 0 fully saturated rings. The van der Waals surface area contributed by atoms with Crippen molar-refractivity contribution in [2.45, 2.75) is 16.7 Å². The summed E-state index contributed by atoms with van der Waals surface area (Å²) in [6.07, 6.45) is 3.90. The zero-order valence-electron chi connectivity index (χ0n) is 13.4. The van der Waals surface area contributed by atoms with Crippen LogP contribution in [0, 0.1) is 6.92 Å². The molecule has 24 heavy (non-hydrogen) atoms. The molecule has 5 heteroatoms. The van der Waals surface area contributed by atoms with Crippen LogP contribution in [-0.4, -0.2) is 14.3 Å². The van der Waals surface area contributed by atoms with E-state index < -0.39 is 0 Å². The summed E-state index contributed by atoms with van der Waals surface area (Å²) in [6.45, 7) is 2.15. The number of hydrogen-bond donors (Lipinski definition) is 0. The average Bonchev–Trinajstić information content (AvgIpc) is 3.10. The molecule has 2 aromatic carbocycles. The molecule has 0 radical (unpaired) electrons. The van der Waals surface area contributed by atoms with Gasteiger partial charge in [0.05, 0.1) is 17.4 Å². The highest BCUT2D eigenvalue weighted by Crippen LogP contribution is 2.40. The van der Waals surface area contributed by atoms with Crippen molar-refractivity contribution in [3.63, 3.8) is 0 Å². The van der Waals surface area contributed by atoms with Gasteiger partial charge in [-0.25, -0.2) is 0 Å². The van der Waals surface area contributed by atoms with Crippen LogP contribution in [0.25, 0.3) is 16.6 Å². The van der Waals surface area contributed by atoms with Gasteiger partial charge in [0.1, 0.15) is 0 Å². The Balaban J connectivity index is 1.96. The van der Waals surface area contributed by atoms with Crippen LogP contribution in [0.15, 0.2) is 70.7 Å². The van der Waals surface area contributed by atoms with Crippen molar-refractivity contribution >= 4 is 34.3 Å². The summed E-state index contributed by atoms with van der Waals surface area (Å²) in [5, 5.41) is 6.25. The minimum absolute atomic E-state index is 0.737. The molecule has 2 aromatic heterocycles. The summed E-state index contributed by atoms with van der Waals surface area (Å²) in [7, 11) is 1.93. The topological polar surface area (TPSA) is 22.8 Å². The van der Waals surface area contributed by atoms with E-state index in [1.807, 2.05) is 42.3 Å². The monoisotopic (exact) mass is 353 g/mol. The van der Waals surface area contributed by atoms with Gasteiger partial charge in [-0.05, 0) is 31.2 Å². The zero-order chi connectivity index (χ0) is 16.7. The fourth-order valence-corrected chi connectivity index (χ4v) is 4.17. The van der Waals surface area contributed by atoms with E-state index in [2.05, 4.69) is 46.9 Å². The second-order valence-electron chi connectivity index (χ2n) is 5.70. The normalized spacial score (nSPS) is 11.3. The third-order valence-corrected chi connectivity index (χ3v) is 5.48. The van der Waals surface area contributed by atoms with E-state index in [1.165, 1.54) is 20.9 Å². The van der Waals surface area contributed by atoms with E-state index in [0.717, 1.165) is 16.2 Å². The first-order valence-corrected chi connectivity index (χ1v) is 8.85. The lowest BCUT2D eigenvalue weighted by atomic mass is 10.2. The van der Waals surface area contributed by atoms with Gasteiger partial charge < -0.3 is 4.57 Å². The summed E-state index contributed by atoms with van der Waals surface area (Å²) in [4.78, 5) is 2.47. The Kier molecular flexibility index (Phi) is 3.87. The molecule has 0 amide bonds. The number of aromatic nitrogens is 3. The fourth-order valence-electron chi connectivity index (χ4n) is 2.95. The summed E-state index contributed by atoms with van der Waals surface area (Å²) in [5.41, 5.74) is 3.34. The Labute approximate surface area is 149 Å². The number of aryl methyl sites for hydroxylation is 1. The molecule has 0 aliphatic heterocycles. The maximum Gasteiger partial charge on any atom is 0.0840 e. The fraction of sp³-hybridized carbons (Fsp3) is 0.105. The average molecular weight is 354 g/mol. The van der Waals surface area contributed by atoms with Crippen molar-refractivity contribution in [2.75, 3.05) is 0 Å². The number of hydrogen-bond acceptors (Lipinski definition) is 2. The number of fused-ring (bicyclic) bond motifs is 1. The summed E-state index contributed by atoms with van der Waals surface area (Å²) in [5.74, 6) is 0. The standard InChI is InChI=1S/C19H16ClN3S/c1-13-19(24-16-6-4-3-5-7-16)17-9-8-14(20)10-18(17)23(13)15-11-21-22(2)12-15/h3-12H,1-2H3. The minimum Gasteiger partial charge on any atom is -0.310 e. The van der Waals surface area contributed by atoms with E-state index >= 15 is 0 Å². The summed E-state index contributed by atoms with van der Waals surface area (Å²) in [6, 6.07) is 16.5. The predicted octanol–water partition coefficient (Wildman–Crippen LogP) is 5.48. The third kappa shape index (κ3) is 2.62. The lowest BCUT2D eigenvalue weighted by Crippen LogP contribution is -1.95. The molecule has 0 saturated heterocycles. The zero-order valence-corrected chi connectivity index (χ0v) is 15.0. The molecule has 0 N–H and O–H groups in total. The van der Waals surface area contributed by atoms with Gasteiger partial charge in [0.15, 0.2) is 0 Å². The molecule has 0 aliphatic carbocycles. The maximum atomic E-state index is 6.26. The van der Waals surface area contributed by atoms with Crippen LogP contribution >= 0.6 is 23.4 Å². The van der Waals surface area contributed by atoms with E-state index in [4.69, 9.17) is 11.6 Å². The van der Waals surface area contributed by atoms with Crippen LogP contribution < -0.4 is 0 Å². The Morgan fingerprint density at radius 2 is 1.88 bits per heavy atom. The Morgan fingerprint density at radius 3 is 2.58 bits per heavy atom. The quantitative estimate of drug-likeness (QED) is 0.487. The number of nitrogens with zero attached hydrogens (tertiary/aromatic N) is 3. The summed E-state index contributed by atoms with van der Waals surface area (Å²) < 4.78 is 4.04. The van der Waals surface area contributed by atoms with E-state index in [0.29, 0.717) is 0 Å². The first kappa shape index (κ1) is 15.4. The van der Waals surface area contributed by atoms with Crippen LogP contribution in [0.2, 0.25) is 5.02 Å². The number of halogens is 1. The molecular weight excluding hydrogens is 338 g/mol. The van der Waals surface area contributed by atoms with Gasteiger partial charge in [-0.2, -0.15) is 5.10 Å². The minimum atomic E-state index is 0.737. The largest absolute Gasteiger partial charge is 0.310 e. The van der Waals surface area contributed by atoms with E-state index in [-0.39, 0.29) is 0 Å². The molecule has 4 aromatic rings. The SMILES string of the molecule is Cc1c(Sc2ccccc2)c2ccc(Cl)cc2n1-c1cnn(C)c1. The van der Waals surface area contributed by atoms with E-state index in [9.17, 15) is 0 Å². The lowest BCUT2D eigenvalue weighted by Gasteiger charge is -2.06. The Morgan fingerprint density at radius 1 is 1.08 bits per heavy atom. The first-order chi connectivity index (χ1) is 11.6. The van der Waals surface area contributed by atoms with Crippen molar-refractivity contribution in [3.05, 3.63) is 71.6 Å². The second kappa shape index (κ2) is 6.04. The van der Waals surface area contributed by atoms with Crippen LogP contribution in [0.3, 0.4) is 0 Å². The van der Waals surface area contributed by atoms with Gasteiger partial charge in [-0.3, -0.25) is 4.68 Å². The van der Waals surface area contributed by atoms with Crippen molar-refractivity contribution in [3.8, 4) is 5.69 Å². The van der Waals surface area contributed by atoms with Gasteiger partial charge in [0.25, 0.3) is 0 Å². The lowest BCUT2D eigenvalue weighted by molar-refractivity contribution is 0.767. The molecule has 0 spiro atoms. The highest BCUT2D eigenvalue weighted by molar-refractivity contribution is 7.99. The Bertz CT molecular complexity index is 1020. The van der Waals surface area contributed by atoms with Gasteiger partial charge in [0, 0.05) is 39.1 Å². The Hall–Kier alpha value is -2.17. The summed E-state index contributed by atoms with van der Waals surface area (Å²) >= 11 is 8.04. The number of rotatable bonds is 3. The molecule has 120 valence electrons. The van der Waals surface area contributed by atoms with Crippen molar-refractivity contribution < 1.29 is 0 Å². The third-order valence-electron chi connectivity index (χ3n) is 4.02. The molecule has 3 nitrogen and oxygen atoms in total. The number of benzene rings is 2. The molecule has 0 bridgehead atoms. The molecular formula is C19H16ClN3S. The van der Waals surface area contributed by atoms with Crippen LogP contribution in [0.1, 0.15) is 5.69 Å². The first-order valence-electron chi connectivity index (χ1n) is 7.66. The second-order valence-corrected chi connectivity index (χ2v) is 7.22. The van der Waals surface area contributed by atoms with Gasteiger partial charge in [-0.15, -0.1) is 0 Å². The molecule has 0 atom stereocenters. The predicted molar refractivity (Wildman–Crippen MR) is 100 cm³/mol. The van der Waals surface area contributed by atoms with Crippen LogP contribution in [0.4, 0.5) is 0 Å². The van der Waals surface area contributed by atoms with Gasteiger partial charge in [0.2, 0.25) is 0 Å². The molecule has 4 rings (SSSR count). The smallest absolute Gasteiger partial charge is 0.0840 e.